The van der Waals surface area contributed by atoms with Gasteiger partial charge in [-0.05, 0) is 69.7 Å². The van der Waals surface area contributed by atoms with Crippen LogP contribution in [0.3, 0.4) is 0 Å². The molecule has 3 aromatic carbocycles. The average molecular weight is 611 g/mol. The van der Waals surface area contributed by atoms with Gasteiger partial charge in [-0.15, -0.1) is 0 Å². The molecule has 0 heterocycles. The highest BCUT2D eigenvalue weighted by molar-refractivity contribution is 7.92. The van der Waals surface area contributed by atoms with E-state index < -0.39 is 40.0 Å². The Kier molecular flexibility index (Phi) is 9.93. The number of rotatable bonds is 9. The van der Waals surface area contributed by atoms with Crippen LogP contribution in [0.1, 0.15) is 33.3 Å². The van der Waals surface area contributed by atoms with Crippen LogP contribution < -0.4 is 9.62 Å². The molecule has 0 saturated carbocycles. The summed E-state index contributed by atoms with van der Waals surface area (Å²) in [5, 5.41) is 3.65. The Morgan fingerprint density at radius 1 is 0.872 bits per heavy atom. The standard InChI is InChI=1S/C28H30Cl3N3O4S/c1-19(27(36)32-28(2,3)4)33(17-20-10-8-9-13-23(20)29)26(35)18-34(21-14-15-24(30)25(31)16-21)39(37,38)22-11-6-5-7-12-22/h5-16,19H,17-18H2,1-4H3,(H,32,36)/t19-/m1/s1. The minimum Gasteiger partial charge on any atom is -0.350 e. The molecule has 0 saturated heterocycles. The zero-order valence-electron chi connectivity index (χ0n) is 22.0. The molecule has 0 radical (unpaired) electrons. The molecule has 0 aliphatic rings. The molecule has 11 heteroatoms. The number of anilines is 1. The van der Waals surface area contributed by atoms with E-state index in [0.717, 1.165) is 4.31 Å². The zero-order chi connectivity index (χ0) is 29.0. The number of benzene rings is 3. The van der Waals surface area contributed by atoms with Crippen molar-refractivity contribution >= 4 is 62.3 Å². The fourth-order valence-corrected chi connectivity index (χ4v) is 5.67. The molecule has 3 rings (SSSR count). The van der Waals surface area contributed by atoms with E-state index in [9.17, 15) is 18.0 Å². The highest BCUT2D eigenvalue weighted by atomic mass is 35.5. The maximum atomic E-state index is 13.9. The lowest BCUT2D eigenvalue weighted by Gasteiger charge is -2.33. The minimum atomic E-state index is -4.21. The van der Waals surface area contributed by atoms with Gasteiger partial charge >= 0.3 is 0 Å². The number of nitrogens with one attached hydrogen (secondary N) is 1. The van der Waals surface area contributed by atoms with E-state index in [1.54, 1.807) is 49.4 Å². The number of halogens is 3. The lowest BCUT2D eigenvalue weighted by atomic mass is 10.1. The molecule has 0 fully saturated rings. The van der Waals surface area contributed by atoms with Crippen LogP contribution >= 0.6 is 34.8 Å². The van der Waals surface area contributed by atoms with Crippen LogP contribution in [0.4, 0.5) is 5.69 Å². The highest BCUT2D eigenvalue weighted by Gasteiger charge is 2.33. The first-order valence-corrected chi connectivity index (χ1v) is 14.7. The number of carbonyl (C=O) groups excluding carboxylic acids is 2. The summed E-state index contributed by atoms with van der Waals surface area (Å²) in [6.45, 7) is 6.46. The summed E-state index contributed by atoms with van der Waals surface area (Å²) in [4.78, 5) is 28.4. The van der Waals surface area contributed by atoms with Crippen molar-refractivity contribution in [1.29, 1.82) is 0 Å². The van der Waals surface area contributed by atoms with Crippen molar-refractivity contribution in [3.63, 3.8) is 0 Å². The van der Waals surface area contributed by atoms with Gasteiger partial charge < -0.3 is 10.2 Å². The van der Waals surface area contributed by atoms with Crippen LogP contribution in [-0.4, -0.2) is 43.3 Å². The summed E-state index contributed by atoms with van der Waals surface area (Å²) in [5.74, 6) is -1.01. The molecule has 3 aromatic rings. The third-order valence-electron chi connectivity index (χ3n) is 5.77. The number of carbonyl (C=O) groups is 2. The van der Waals surface area contributed by atoms with Crippen molar-refractivity contribution in [2.45, 2.75) is 50.7 Å². The maximum Gasteiger partial charge on any atom is 0.264 e. The molecule has 208 valence electrons. The van der Waals surface area contributed by atoms with E-state index >= 15 is 0 Å². The van der Waals surface area contributed by atoms with E-state index in [-0.39, 0.29) is 27.2 Å². The monoisotopic (exact) mass is 609 g/mol. The van der Waals surface area contributed by atoms with Gasteiger partial charge in [-0.2, -0.15) is 0 Å². The second-order valence-corrected chi connectivity index (χ2v) is 13.0. The number of amides is 2. The zero-order valence-corrected chi connectivity index (χ0v) is 25.1. The third-order valence-corrected chi connectivity index (χ3v) is 8.66. The molecule has 1 N–H and O–H groups in total. The lowest BCUT2D eigenvalue weighted by Crippen LogP contribution is -2.54. The molecule has 1 atom stereocenters. The molecule has 2 amide bonds. The molecule has 0 unspecified atom stereocenters. The minimum absolute atomic E-state index is 0.0138. The second-order valence-electron chi connectivity index (χ2n) is 9.95. The van der Waals surface area contributed by atoms with Crippen molar-refractivity contribution in [2.24, 2.45) is 0 Å². The first kappa shape index (κ1) is 30.8. The van der Waals surface area contributed by atoms with Crippen LogP contribution in [0, 0.1) is 0 Å². The van der Waals surface area contributed by atoms with Crippen LogP contribution in [0.2, 0.25) is 15.1 Å². The third kappa shape index (κ3) is 7.88. The van der Waals surface area contributed by atoms with E-state index in [1.165, 1.54) is 35.2 Å². The van der Waals surface area contributed by atoms with Gasteiger partial charge in [0.25, 0.3) is 10.0 Å². The normalized spacial score (nSPS) is 12.5. The topological polar surface area (TPSA) is 86.8 Å². The van der Waals surface area contributed by atoms with Crippen LogP contribution in [0.25, 0.3) is 0 Å². The SMILES string of the molecule is C[C@H](C(=O)NC(C)(C)C)N(Cc1ccccc1Cl)C(=O)CN(c1ccc(Cl)c(Cl)c1)S(=O)(=O)c1ccccc1. The Hall–Kier alpha value is -2.78. The highest BCUT2D eigenvalue weighted by Crippen LogP contribution is 2.31. The lowest BCUT2D eigenvalue weighted by molar-refractivity contribution is -0.140. The summed E-state index contributed by atoms with van der Waals surface area (Å²) in [7, 11) is -4.21. The molecular formula is C28H30Cl3N3O4S. The van der Waals surface area contributed by atoms with Gasteiger partial charge in [-0.3, -0.25) is 13.9 Å². The molecular weight excluding hydrogens is 581 g/mol. The fraction of sp³-hybridized carbons (Fsp3) is 0.286. The molecule has 0 aromatic heterocycles. The van der Waals surface area contributed by atoms with Gasteiger partial charge in [-0.1, -0.05) is 71.2 Å². The summed E-state index contributed by atoms with van der Waals surface area (Å²) >= 11 is 18.7. The molecule has 0 aliphatic heterocycles. The largest absolute Gasteiger partial charge is 0.350 e. The predicted octanol–water partition coefficient (Wildman–Crippen LogP) is 6.17. The van der Waals surface area contributed by atoms with Crippen molar-refractivity contribution in [2.75, 3.05) is 10.8 Å². The van der Waals surface area contributed by atoms with E-state index in [4.69, 9.17) is 34.8 Å². The van der Waals surface area contributed by atoms with Gasteiger partial charge in [0.15, 0.2) is 0 Å². The van der Waals surface area contributed by atoms with Crippen molar-refractivity contribution in [3.05, 3.63) is 93.4 Å². The Balaban J connectivity index is 2.06. The molecule has 39 heavy (non-hydrogen) atoms. The molecule has 0 spiro atoms. The van der Waals surface area contributed by atoms with E-state index in [2.05, 4.69) is 5.32 Å². The quantitative estimate of drug-likeness (QED) is 0.314. The summed E-state index contributed by atoms with van der Waals surface area (Å²) < 4.78 is 28.5. The first-order chi connectivity index (χ1) is 18.2. The number of hydrogen-bond donors (Lipinski definition) is 1. The predicted molar refractivity (Wildman–Crippen MR) is 157 cm³/mol. The molecule has 7 nitrogen and oxygen atoms in total. The van der Waals surface area contributed by atoms with Crippen LogP contribution in [0.15, 0.2) is 77.7 Å². The Morgan fingerprint density at radius 3 is 2.08 bits per heavy atom. The summed E-state index contributed by atoms with van der Waals surface area (Å²) in [5.41, 5.74) is 0.203. The van der Waals surface area contributed by atoms with Gasteiger partial charge in [0.1, 0.15) is 12.6 Å². The van der Waals surface area contributed by atoms with Gasteiger partial charge in [0.2, 0.25) is 11.8 Å². The number of nitrogens with zero attached hydrogens (tertiary/aromatic N) is 2. The molecule has 0 bridgehead atoms. The van der Waals surface area contributed by atoms with Gasteiger partial charge in [-0.25, -0.2) is 8.42 Å². The van der Waals surface area contributed by atoms with Gasteiger partial charge in [0.05, 0.1) is 20.6 Å². The number of hydrogen-bond acceptors (Lipinski definition) is 4. The van der Waals surface area contributed by atoms with Crippen LogP contribution in [0.5, 0.6) is 0 Å². The Bertz CT molecular complexity index is 1440. The smallest absolute Gasteiger partial charge is 0.264 e. The Labute approximate surface area is 244 Å². The maximum absolute atomic E-state index is 13.9. The molecule has 0 aliphatic carbocycles. The number of sulfonamides is 1. The first-order valence-electron chi connectivity index (χ1n) is 12.1. The van der Waals surface area contributed by atoms with E-state index in [0.29, 0.717) is 10.6 Å². The fourth-order valence-electron chi connectivity index (χ4n) is 3.76. The van der Waals surface area contributed by atoms with Gasteiger partial charge in [0, 0.05) is 17.1 Å². The van der Waals surface area contributed by atoms with Crippen LogP contribution in [-0.2, 0) is 26.2 Å². The average Bonchev–Trinajstić information content (AvgIpc) is 2.87. The van der Waals surface area contributed by atoms with E-state index in [1.807, 2.05) is 20.8 Å². The Morgan fingerprint density at radius 2 is 1.49 bits per heavy atom. The van der Waals surface area contributed by atoms with Crippen molar-refractivity contribution in [3.8, 4) is 0 Å². The second kappa shape index (κ2) is 12.6. The van der Waals surface area contributed by atoms with Crippen molar-refractivity contribution in [1.82, 2.24) is 10.2 Å². The van der Waals surface area contributed by atoms with Crippen molar-refractivity contribution < 1.29 is 18.0 Å². The summed E-state index contributed by atoms with van der Waals surface area (Å²) in [6.07, 6.45) is 0. The summed E-state index contributed by atoms with van der Waals surface area (Å²) in [6, 6.07) is 18.1.